The van der Waals surface area contributed by atoms with Crippen molar-refractivity contribution >= 4 is 23.1 Å². The van der Waals surface area contributed by atoms with Gasteiger partial charge in [0.15, 0.2) is 16.8 Å². The summed E-state index contributed by atoms with van der Waals surface area (Å²) in [5.74, 6) is -0.420. The molecule has 8 heteroatoms. The molecule has 0 saturated heterocycles. The van der Waals surface area contributed by atoms with Crippen molar-refractivity contribution in [1.29, 1.82) is 0 Å². The molecular weight excluding hydrogens is 295 g/mol. The normalized spacial score (nSPS) is 24.2. The Bertz CT molecular complexity index is 559. The number of benzene rings is 1. The molecule has 2 rings (SSSR count). The van der Waals surface area contributed by atoms with Gasteiger partial charge in [-0.1, -0.05) is 30.3 Å². The number of nitrogens with zero attached hydrogens (tertiary/aromatic N) is 2. The minimum atomic E-state index is -4.72. The number of nitrogens with two attached hydrogens (primary N) is 1. The first-order valence-electron chi connectivity index (χ1n) is 5.57. The third kappa shape index (κ3) is 2.16. The van der Waals surface area contributed by atoms with E-state index in [0.29, 0.717) is 5.56 Å². The first-order valence-corrected chi connectivity index (χ1v) is 6.01. The second kappa shape index (κ2) is 5.06. The molecule has 2 N–H and O–H groups in total. The van der Waals surface area contributed by atoms with Gasteiger partial charge >= 0.3 is 6.18 Å². The van der Waals surface area contributed by atoms with Crippen LogP contribution in [0.3, 0.4) is 0 Å². The molecule has 1 aromatic carbocycles. The fourth-order valence-electron chi connectivity index (χ4n) is 2.03. The predicted molar refractivity (Wildman–Crippen MR) is 70.0 cm³/mol. The van der Waals surface area contributed by atoms with E-state index in [0.717, 1.165) is 7.11 Å². The van der Waals surface area contributed by atoms with Crippen LogP contribution in [0.4, 0.5) is 13.2 Å². The van der Waals surface area contributed by atoms with Gasteiger partial charge in [-0.05, 0) is 0 Å². The van der Waals surface area contributed by atoms with E-state index in [-0.39, 0.29) is 5.71 Å². The van der Waals surface area contributed by atoms with E-state index in [1.165, 1.54) is 0 Å². The summed E-state index contributed by atoms with van der Waals surface area (Å²) in [6.07, 6.45) is -4.72. The van der Waals surface area contributed by atoms with Gasteiger partial charge in [-0.25, -0.2) is 0 Å². The van der Waals surface area contributed by atoms with Crippen LogP contribution in [-0.4, -0.2) is 35.8 Å². The van der Waals surface area contributed by atoms with Crippen LogP contribution >= 0.6 is 11.6 Å². The number of amidine groups is 1. The van der Waals surface area contributed by atoms with E-state index in [4.69, 9.17) is 22.1 Å². The van der Waals surface area contributed by atoms with Crippen LogP contribution in [0.2, 0.25) is 0 Å². The van der Waals surface area contributed by atoms with E-state index < -0.39 is 23.0 Å². The van der Waals surface area contributed by atoms with Gasteiger partial charge in [-0.15, -0.1) is 21.8 Å². The Morgan fingerprint density at radius 2 is 1.85 bits per heavy atom. The largest absolute Gasteiger partial charge is 0.408 e. The molecule has 2 atom stereocenters. The first-order chi connectivity index (χ1) is 9.34. The minimum absolute atomic E-state index is 0.0598. The van der Waals surface area contributed by atoms with Gasteiger partial charge in [-0.2, -0.15) is 13.2 Å². The number of hydrogen-bond donors (Lipinski definition) is 1. The number of hydrogen-bond acceptors (Lipinski definition) is 4. The zero-order valence-electron chi connectivity index (χ0n) is 10.4. The molecule has 0 saturated carbocycles. The minimum Gasteiger partial charge on any atom is -0.383 e. The monoisotopic (exact) mass is 305 g/mol. The molecule has 1 heterocycles. The molecule has 0 aromatic heterocycles. The van der Waals surface area contributed by atoms with Gasteiger partial charge in [-0.3, -0.25) is 0 Å². The van der Waals surface area contributed by atoms with Crippen LogP contribution in [0.15, 0.2) is 40.5 Å². The Labute approximate surface area is 118 Å². The highest BCUT2D eigenvalue weighted by Gasteiger charge is 2.60. The Balaban J connectivity index is 2.54. The quantitative estimate of drug-likeness (QED) is 0.871. The van der Waals surface area contributed by atoms with E-state index in [1.54, 1.807) is 30.3 Å². The summed E-state index contributed by atoms with van der Waals surface area (Å²) in [6, 6.07) is 8.20. The van der Waals surface area contributed by atoms with Crippen molar-refractivity contribution in [2.24, 2.45) is 15.9 Å². The zero-order valence-corrected chi connectivity index (χ0v) is 11.1. The van der Waals surface area contributed by atoms with E-state index >= 15 is 0 Å². The molecule has 0 aliphatic carbocycles. The van der Waals surface area contributed by atoms with Crippen LogP contribution in [0.25, 0.3) is 0 Å². The van der Waals surface area contributed by atoms with E-state index in [2.05, 4.69) is 10.2 Å². The fraction of sp³-hybridized carbons (Fsp3) is 0.333. The Kier molecular flexibility index (Phi) is 3.75. The summed E-state index contributed by atoms with van der Waals surface area (Å²) in [7, 11) is 1.09. The lowest BCUT2D eigenvalue weighted by Crippen LogP contribution is -2.61. The summed E-state index contributed by atoms with van der Waals surface area (Å²) in [5, 5.41) is 4.84. The molecule has 0 spiro atoms. The highest BCUT2D eigenvalue weighted by atomic mass is 35.5. The standard InChI is InChI=1S/C12H11ClF3N3O/c1-20-11(9(13)12(14,15)16)8(18-19-10(11)17)7-5-3-2-4-6-7/h2-6,9H,1H3,(H2,17,19). The smallest absolute Gasteiger partial charge is 0.383 e. The van der Waals surface area contributed by atoms with E-state index in [1.807, 2.05) is 0 Å². The van der Waals surface area contributed by atoms with Crippen LogP contribution in [0, 0.1) is 0 Å². The van der Waals surface area contributed by atoms with Gasteiger partial charge in [0.05, 0.1) is 0 Å². The number of alkyl halides is 4. The van der Waals surface area contributed by atoms with Gasteiger partial charge < -0.3 is 10.5 Å². The molecule has 2 unspecified atom stereocenters. The van der Waals surface area contributed by atoms with Crippen molar-refractivity contribution in [3.05, 3.63) is 35.9 Å². The van der Waals surface area contributed by atoms with Crippen molar-refractivity contribution in [2.75, 3.05) is 7.11 Å². The molecule has 20 heavy (non-hydrogen) atoms. The molecule has 1 aromatic rings. The lowest BCUT2D eigenvalue weighted by molar-refractivity contribution is -0.152. The van der Waals surface area contributed by atoms with Crippen LogP contribution < -0.4 is 5.73 Å². The molecule has 108 valence electrons. The first kappa shape index (κ1) is 14.8. The lowest BCUT2D eigenvalue weighted by atomic mass is 9.87. The summed E-state index contributed by atoms with van der Waals surface area (Å²) in [6.45, 7) is 0. The summed E-state index contributed by atoms with van der Waals surface area (Å²) in [5.41, 5.74) is 3.80. The van der Waals surface area contributed by atoms with Gasteiger partial charge in [0.1, 0.15) is 5.71 Å². The third-order valence-corrected chi connectivity index (χ3v) is 3.56. The lowest BCUT2D eigenvalue weighted by Gasteiger charge is -2.34. The predicted octanol–water partition coefficient (Wildman–Crippen LogP) is 2.32. The molecule has 0 radical (unpaired) electrons. The van der Waals surface area contributed by atoms with Gasteiger partial charge in [0.2, 0.25) is 0 Å². The molecular formula is C12H11ClF3N3O. The van der Waals surface area contributed by atoms with Crippen LogP contribution in [0.1, 0.15) is 5.56 Å². The maximum absolute atomic E-state index is 13.0. The molecule has 0 amide bonds. The number of methoxy groups -OCH3 is 1. The molecule has 1 aliphatic rings. The summed E-state index contributed by atoms with van der Waals surface area (Å²) < 4.78 is 44.1. The second-order valence-corrected chi connectivity index (χ2v) is 4.58. The average molecular weight is 306 g/mol. The summed E-state index contributed by atoms with van der Waals surface area (Å²) >= 11 is 5.57. The van der Waals surface area contributed by atoms with Crippen molar-refractivity contribution in [3.8, 4) is 0 Å². The Morgan fingerprint density at radius 1 is 1.25 bits per heavy atom. The highest BCUT2D eigenvalue weighted by Crippen LogP contribution is 2.39. The van der Waals surface area contributed by atoms with Gasteiger partial charge in [0.25, 0.3) is 0 Å². The van der Waals surface area contributed by atoms with E-state index in [9.17, 15) is 13.2 Å². The zero-order chi connectivity index (χ0) is 15.0. The number of halogens is 4. The molecule has 0 bridgehead atoms. The Hall–Kier alpha value is -1.60. The van der Waals surface area contributed by atoms with Crippen molar-refractivity contribution in [1.82, 2.24) is 0 Å². The van der Waals surface area contributed by atoms with Crippen molar-refractivity contribution in [2.45, 2.75) is 17.2 Å². The van der Waals surface area contributed by atoms with Crippen LogP contribution in [0.5, 0.6) is 0 Å². The van der Waals surface area contributed by atoms with Crippen LogP contribution in [-0.2, 0) is 4.74 Å². The maximum atomic E-state index is 13.0. The average Bonchev–Trinajstić information content (AvgIpc) is 2.75. The highest BCUT2D eigenvalue weighted by molar-refractivity contribution is 6.33. The molecule has 4 nitrogen and oxygen atoms in total. The van der Waals surface area contributed by atoms with Crippen molar-refractivity contribution in [3.63, 3.8) is 0 Å². The number of ether oxygens (including phenoxy) is 1. The second-order valence-electron chi connectivity index (χ2n) is 4.14. The summed E-state index contributed by atoms with van der Waals surface area (Å²) in [4.78, 5) is 0. The van der Waals surface area contributed by atoms with Crippen molar-refractivity contribution < 1.29 is 17.9 Å². The molecule has 0 fully saturated rings. The topological polar surface area (TPSA) is 60.0 Å². The van der Waals surface area contributed by atoms with Gasteiger partial charge in [0, 0.05) is 12.7 Å². The number of rotatable bonds is 3. The molecule has 1 aliphatic heterocycles. The Morgan fingerprint density at radius 3 is 2.35 bits per heavy atom. The maximum Gasteiger partial charge on any atom is 0.408 e. The fourth-order valence-corrected chi connectivity index (χ4v) is 2.33. The third-order valence-electron chi connectivity index (χ3n) is 3.00. The SMILES string of the molecule is COC1(C(Cl)C(F)(F)F)C(N)=NN=C1c1ccccc1.